The molecule has 4 rings (SSSR count). The van der Waals surface area contributed by atoms with E-state index in [0.717, 1.165) is 37.1 Å². The minimum atomic E-state index is -0.207. The number of aromatic nitrogens is 1. The van der Waals surface area contributed by atoms with Crippen molar-refractivity contribution in [3.05, 3.63) is 63.3 Å². The molecule has 144 valence electrons. The molecule has 3 aromatic rings. The lowest BCUT2D eigenvalue weighted by atomic mass is 10.1. The number of nitrogens with one attached hydrogen (secondary N) is 2. The molecule has 0 bridgehead atoms. The third-order valence-corrected chi connectivity index (χ3v) is 5.86. The Bertz CT molecular complexity index is 990. The highest BCUT2D eigenvalue weighted by molar-refractivity contribution is 7.17. The summed E-state index contributed by atoms with van der Waals surface area (Å²) in [4.78, 5) is 19.2. The van der Waals surface area contributed by atoms with Crippen LogP contribution in [-0.4, -0.2) is 34.7 Å². The van der Waals surface area contributed by atoms with E-state index >= 15 is 0 Å². The lowest BCUT2D eigenvalue weighted by Gasteiger charge is -2.18. The maximum absolute atomic E-state index is 12.1. The summed E-state index contributed by atoms with van der Waals surface area (Å²) in [6.45, 7) is 2.11. The van der Waals surface area contributed by atoms with Crippen LogP contribution in [0.2, 0.25) is 4.34 Å². The second-order valence-electron chi connectivity index (χ2n) is 6.53. The summed E-state index contributed by atoms with van der Waals surface area (Å²) in [5.74, 6) is 0.794. The number of hydrogen-bond acceptors (Lipinski definition) is 5. The molecule has 0 unspecified atom stereocenters. The first-order valence-corrected chi connectivity index (χ1v) is 10.2. The van der Waals surface area contributed by atoms with Gasteiger partial charge in [-0.05, 0) is 25.0 Å². The van der Waals surface area contributed by atoms with Crippen LogP contribution < -0.4 is 5.32 Å². The average Bonchev–Trinajstić information content (AvgIpc) is 3.47. The molecule has 2 N–H and O–H groups in total. The molecule has 0 spiro atoms. The van der Waals surface area contributed by atoms with E-state index in [1.54, 1.807) is 18.4 Å². The Kier molecular flexibility index (Phi) is 5.45. The number of rotatable bonds is 5. The van der Waals surface area contributed by atoms with Crippen molar-refractivity contribution in [1.29, 1.82) is 5.41 Å². The Morgan fingerprint density at radius 1 is 1.21 bits per heavy atom. The summed E-state index contributed by atoms with van der Waals surface area (Å²) >= 11 is 7.08. The summed E-state index contributed by atoms with van der Waals surface area (Å²) in [6.07, 6.45) is 3.88. The maximum atomic E-state index is 12.1. The van der Waals surface area contributed by atoms with Crippen molar-refractivity contribution < 1.29 is 9.21 Å². The summed E-state index contributed by atoms with van der Waals surface area (Å²) in [6, 6.07) is 11.1. The molecule has 0 aliphatic carbocycles. The molecule has 1 fully saturated rings. The minimum Gasteiger partial charge on any atom is -0.446 e. The molecule has 1 saturated heterocycles. The first-order valence-electron chi connectivity index (χ1n) is 9.02. The van der Waals surface area contributed by atoms with Crippen molar-refractivity contribution in [3.8, 4) is 11.3 Å². The number of likely N-dealkylation sites (tertiary alicyclic amines) is 1. The van der Waals surface area contributed by atoms with Crippen molar-refractivity contribution >= 4 is 34.7 Å². The number of benzene rings is 1. The minimum absolute atomic E-state index is 0.200. The molecule has 6 nitrogen and oxygen atoms in total. The van der Waals surface area contributed by atoms with E-state index in [1.807, 2.05) is 24.3 Å². The van der Waals surface area contributed by atoms with Gasteiger partial charge in [0.25, 0.3) is 5.91 Å². The van der Waals surface area contributed by atoms with E-state index in [-0.39, 0.29) is 12.5 Å². The first kappa shape index (κ1) is 18.7. The smallest absolute Gasteiger partial charge is 0.261 e. The van der Waals surface area contributed by atoms with E-state index in [9.17, 15) is 4.79 Å². The topological polar surface area (TPSA) is 82.2 Å². The van der Waals surface area contributed by atoms with Crippen molar-refractivity contribution in [2.75, 3.05) is 13.1 Å². The molecule has 8 heteroatoms. The van der Waals surface area contributed by atoms with Crippen LogP contribution >= 0.6 is 22.9 Å². The Balaban J connectivity index is 1.38. The largest absolute Gasteiger partial charge is 0.446 e. The summed E-state index contributed by atoms with van der Waals surface area (Å²) in [7, 11) is 0. The molecule has 1 amide bonds. The van der Waals surface area contributed by atoms with Gasteiger partial charge in [-0.2, -0.15) is 0 Å². The Hall–Kier alpha value is -2.64. The molecular formula is C20H19ClN4O2S. The maximum Gasteiger partial charge on any atom is 0.261 e. The van der Waals surface area contributed by atoms with E-state index < -0.39 is 0 Å². The summed E-state index contributed by atoms with van der Waals surface area (Å²) < 4.78 is 6.04. The Morgan fingerprint density at radius 2 is 1.96 bits per heavy atom. The molecule has 1 aromatic carbocycles. The number of thiophene rings is 1. The van der Waals surface area contributed by atoms with E-state index in [0.29, 0.717) is 26.6 Å². The highest BCUT2D eigenvalue weighted by atomic mass is 35.5. The highest BCUT2D eigenvalue weighted by Crippen LogP contribution is 2.22. The van der Waals surface area contributed by atoms with E-state index in [4.69, 9.17) is 21.4 Å². The molecule has 1 aliphatic rings. The molecule has 28 heavy (non-hydrogen) atoms. The molecule has 0 saturated carbocycles. The zero-order chi connectivity index (χ0) is 19.5. The lowest BCUT2D eigenvalue weighted by molar-refractivity contribution is 0.0951. The number of oxazole rings is 1. The normalized spacial score (nSPS) is 13.7. The van der Waals surface area contributed by atoms with Crippen LogP contribution in [0.25, 0.3) is 11.3 Å². The average molecular weight is 415 g/mol. The van der Waals surface area contributed by atoms with Gasteiger partial charge in [0, 0.05) is 24.2 Å². The lowest BCUT2D eigenvalue weighted by Crippen LogP contribution is -2.27. The number of carbonyl (C=O) groups excluding carboxylic acids is 1. The van der Waals surface area contributed by atoms with E-state index in [2.05, 4.69) is 15.2 Å². The molecule has 0 radical (unpaired) electrons. The number of halogens is 1. The first-order chi connectivity index (χ1) is 13.6. The standard InChI is InChI=1S/C20H19ClN4O2S/c21-17-8-7-16(28-17)20(26)23-11-18-24-15(12-27-18)13-3-5-14(6-4-13)19(22)25-9-1-2-10-25/h3-8,12,22H,1-2,9-11H2,(H,23,26). The predicted molar refractivity (Wildman–Crippen MR) is 110 cm³/mol. The molecule has 3 heterocycles. The second-order valence-corrected chi connectivity index (χ2v) is 8.25. The third-order valence-electron chi connectivity index (χ3n) is 4.63. The fraction of sp³-hybridized carbons (Fsp3) is 0.250. The third kappa shape index (κ3) is 4.10. The number of amides is 1. The van der Waals surface area contributed by atoms with Gasteiger partial charge in [0.2, 0.25) is 5.89 Å². The molecule has 0 atom stereocenters. The fourth-order valence-corrected chi connectivity index (χ4v) is 4.09. The Morgan fingerprint density at radius 3 is 2.64 bits per heavy atom. The number of amidine groups is 1. The van der Waals surface area contributed by atoms with Crippen LogP contribution in [-0.2, 0) is 6.54 Å². The van der Waals surface area contributed by atoms with Crippen LogP contribution in [0.4, 0.5) is 0 Å². The van der Waals surface area contributed by atoms with Crippen LogP contribution in [0.3, 0.4) is 0 Å². The summed E-state index contributed by atoms with van der Waals surface area (Å²) in [5, 5.41) is 11.1. The molecule has 1 aliphatic heterocycles. The van der Waals surface area contributed by atoms with Crippen molar-refractivity contribution in [2.45, 2.75) is 19.4 Å². The Labute approximate surface area is 171 Å². The zero-order valence-corrected chi connectivity index (χ0v) is 16.6. The SMILES string of the molecule is N=C(c1ccc(-c2coc(CNC(=O)c3ccc(Cl)s3)n2)cc1)N1CCCC1. The van der Waals surface area contributed by atoms with Crippen molar-refractivity contribution in [3.63, 3.8) is 0 Å². The van der Waals surface area contributed by atoms with Gasteiger partial charge in [0.1, 0.15) is 17.8 Å². The van der Waals surface area contributed by atoms with Gasteiger partial charge in [-0.1, -0.05) is 35.9 Å². The van der Waals surface area contributed by atoms with Gasteiger partial charge in [-0.15, -0.1) is 11.3 Å². The van der Waals surface area contributed by atoms with Gasteiger partial charge < -0.3 is 14.6 Å². The van der Waals surface area contributed by atoms with Crippen LogP contribution in [0.5, 0.6) is 0 Å². The van der Waals surface area contributed by atoms with Gasteiger partial charge in [0.05, 0.1) is 15.8 Å². The van der Waals surface area contributed by atoms with Crippen LogP contribution in [0, 0.1) is 5.41 Å². The number of nitrogens with zero attached hydrogens (tertiary/aromatic N) is 2. The van der Waals surface area contributed by atoms with Crippen molar-refractivity contribution in [2.24, 2.45) is 0 Å². The van der Waals surface area contributed by atoms with Crippen LogP contribution in [0.15, 0.2) is 47.1 Å². The van der Waals surface area contributed by atoms with Gasteiger partial charge in [-0.25, -0.2) is 4.98 Å². The zero-order valence-electron chi connectivity index (χ0n) is 15.1. The van der Waals surface area contributed by atoms with Gasteiger partial charge >= 0.3 is 0 Å². The molecular weight excluding hydrogens is 396 g/mol. The summed E-state index contributed by atoms with van der Waals surface area (Å²) in [5.41, 5.74) is 2.50. The monoisotopic (exact) mass is 414 g/mol. The number of hydrogen-bond donors (Lipinski definition) is 2. The van der Waals surface area contributed by atoms with Gasteiger partial charge in [-0.3, -0.25) is 10.2 Å². The number of carbonyl (C=O) groups is 1. The fourth-order valence-electron chi connectivity index (χ4n) is 3.13. The van der Waals surface area contributed by atoms with Crippen LogP contribution in [0.1, 0.15) is 34.0 Å². The van der Waals surface area contributed by atoms with Gasteiger partial charge in [0.15, 0.2) is 0 Å². The van der Waals surface area contributed by atoms with E-state index in [1.165, 1.54) is 11.3 Å². The molecule has 2 aromatic heterocycles. The quantitative estimate of drug-likeness (QED) is 0.478. The highest BCUT2D eigenvalue weighted by Gasteiger charge is 2.16. The predicted octanol–water partition coefficient (Wildman–Crippen LogP) is 4.41. The second kappa shape index (κ2) is 8.16. The van der Waals surface area contributed by atoms with Crippen molar-refractivity contribution in [1.82, 2.24) is 15.2 Å².